The van der Waals surface area contributed by atoms with Crippen LogP contribution in [0.15, 0.2) is 55.1 Å². The summed E-state index contributed by atoms with van der Waals surface area (Å²) in [5.74, 6) is -0.0999. The number of carbonyl (C=O) groups excluding carboxylic acids is 1. The van der Waals surface area contributed by atoms with Crippen LogP contribution in [0.5, 0.6) is 0 Å². The van der Waals surface area contributed by atoms with Gasteiger partial charge in [0.2, 0.25) is 0 Å². The van der Waals surface area contributed by atoms with Gasteiger partial charge in [-0.25, -0.2) is 0 Å². The molecule has 0 aliphatic carbocycles. The van der Waals surface area contributed by atoms with Crippen molar-refractivity contribution in [2.24, 2.45) is 7.05 Å². The SMILES string of the molecule is CN(C)c1ccc(C(=O)NCc2cncc(-c3cnn(C)c3)c2)cc1. The number of benzene rings is 1. The second-order valence-corrected chi connectivity index (χ2v) is 6.11. The Bertz CT molecular complexity index is 868. The maximum absolute atomic E-state index is 12.3. The summed E-state index contributed by atoms with van der Waals surface area (Å²) >= 11 is 0. The van der Waals surface area contributed by atoms with Crippen LogP contribution < -0.4 is 10.2 Å². The Hall–Kier alpha value is -3.15. The largest absolute Gasteiger partial charge is 0.378 e. The number of anilines is 1. The molecule has 0 saturated heterocycles. The van der Waals surface area contributed by atoms with Crippen LogP contribution in [0.25, 0.3) is 11.1 Å². The molecule has 1 amide bonds. The average molecular weight is 335 g/mol. The van der Waals surface area contributed by atoms with E-state index in [0.717, 1.165) is 22.4 Å². The zero-order valence-electron chi connectivity index (χ0n) is 14.6. The lowest BCUT2D eigenvalue weighted by Crippen LogP contribution is -2.23. The Morgan fingerprint density at radius 1 is 1.12 bits per heavy atom. The third-order valence-corrected chi connectivity index (χ3v) is 3.93. The smallest absolute Gasteiger partial charge is 0.251 e. The molecule has 0 aliphatic heterocycles. The molecule has 6 heteroatoms. The van der Waals surface area contributed by atoms with Crippen molar-refractivity contribution in [2.75, 3.05) is 19.0 Å². The van der Waals surface area contributed by atoms with E-state index in [9.17, 15) is 4.79 Å². The predicted octanol–water partition coefficient (Wildman–Crippen LogP) is 2.48. The van der Waals surface area contributed by atoms with Crippen molar-refractivity contribution >= 4 is 11.6 Å². The molecule has 1 aromatic carbocycles. The molecule has 0 unspecified atom stereocenters. The van der Waals surface area contributed by atoms with Crippen molar-refractivity contribution in [3.05, 3.63) is 66.2 Å². The number of nitrogens with one attached hydrogen (secondary N) is 1. The van der Waals surface area contributed by atoms with E-state index in [2.05, 4.69) is 15.4 Å². The van der Waals surface area contributed by atoms with Crippen molar-refractivity contribution in [3.63, 3.8) is 0 Å². The van der Waals surface area contributed by atoms with Crippen LogP contribution in [0.3, 0.4) is 0 Å². The van der Waals surface area contributed by atoms with Gasteiger partial charge in [-0.15, -0.1) is 0 Å². The molecular weight excluding hydrogens is 314 g/mol. The Kier molecular flexibility index (Phi) is 4.79. The highest BCUT2D eigenvalue weighted by molar-refractivity contribution is 5.94. The van der Waals surface area contributed by atoms with Crippen molar-refractivity contribution in [1.29, 1.82) is 0 Å². The highest BCUT2D eigenvalue weighted by Gasteiger charge is 2.07. The standard InChI is InChI=1S/C19H21N5O/c1-23(2)18-6-4-15(5-7-18)19(25)21-10-14-8-16(11-20-9-14)17-12-22-24(3)13-17/h4-9,11-13H,10H2,1-3H3,(H,21,25). The van der Waals surface area contributed by atoms with Gasteiger partial charge in [0, 0.05) is 68.7 Å². The first-order chi connectivity index (χ1) is 12.0. The van der Waals surface area contributed by atoms with Gasteiger partial charge in [0.1, 0.15) is 0 Å². The summed E-state index contributed by atoms with van der Waals surface area (Å²) in [6, 6.07) is 9.53. The van der Waals surface area contributed by atoms with Gasteiger partial charge < -0.3 is 10.2 Å². The number of hydrogen-bond acceptors (Lipinski definition) is 4. The lowest BCUT2D eigenvalue weighted by atomic mass is 10.1. The summed E-state index contributed by atoms with van der Waals surface area (Å²) in [5, 5.41) is 7.11. The van der Waals surface area contributed by atoms with E-state index >= 15 is 0 Å². The Labute approximate surface area is 147 Å². The summed E-state index contributed by atoms with van der Waals surface area (Å²) in [6.45, 7) is 0.426. The van der Waals surface area contributed by atoms with Crippen LogP contribution in [0.1, 0.15) is 15.9 Å². The quantitative estimate of drug-likeness (QED) is 0.778. The topological polar surface area (TPSA) is 63.1 Å². The molecule has 1 N–H and O–H groups in total. The van der Waals surface area contributed by atoms with Crippen LogP contribution in [-0.2, 0) is 13.6 Å². The second kappa shape index (κ2) is 7.17. The first kappa shape index (κ1) is 16.7. The van der Waals surface area contributed by atoms with Crippen LogP contribution in [-0.4, -0.2) is 34.8 Å². The summed E-state index contributed by atoms with van der Waals surface area (Å²) in [4.78, 5) is 18.6. The molecule has 0 fully saturated rings. The number of rotatable bonds is 5. The van der Waals surface area contributed by atoms with Crippen molar-refractivity contribution in [2.45, 2.75) is 6.54 Å². The fourth-order valence-corrected chi connectivity index (χ4v) is 2.51. The normalized spacial score (nSPS) is 10.5. The van der Waals surface area contributed by atoms with Gasteiger partial charge in [-0.1, -0.05) is 0 Å². The minimum absolute atomic E-state index is 0.0999. The lowest BCUT2D eigenvalue weighted by Gasteiger charge is -2.12. The molecule has 3 rings (SSSR count). The minimum atomic E-state index is -0.0999. The van der Waals surface area contributed by atoms with Crippen LogP contribution in [0.4, 0.5) is 5.69 Å². The zero-order chi connectivity index (χ0) is 17.8. The van der Waals surface area contributed by atoms with Gasteiger partial charge in [-0.05, 0) is 35.9 Å². The van der Waals surface area contributed by atoms with Gasteiger partial charge in [0.05, 0.1) is 6.20 Å². The van der Waals surface area contributed by atoms with Crippen molar-refractivity contribution in [1.82, 2.24) is 20.1 Å². The maximum Gasteiger partial charge on any atom is 0.251 e. The molecule has 25 heavy (non-hydrogen) atoms. The van der Waals surface area contributed by atoms with Crippen molar-refractivity contribution < 1.29 is 4.79 Å². The van der Waals surface area contributed by atoms with E-state index in [1.54, 1.807) is 23.3 Å². The van der Waals surface area contributed by atoms with Gasteiger partial charge in [0.15, 0.2) is 0 Å². The highest BCUT2D eigenvalue weighted by atomic mass is 16.1. The van der Waals surface area contributed by atoms with Gasteiger partial charge in [0.25, 0.3) is 5.91 Å². The number of carbonyl (C=O) groups is 1. The summed E-state index contributed by atoms with van der Waals surface area (Å²) in [7, 11) is 5.82. The molecule has 0 saturated carbocycles. The van der Waals surface area contributed by atoms with E-state index in [1.165, 1.54) is 0 Å². The van der Waals surface area contributed by atoms with Gasteiger partial charge in [-0.2, -0.15) is 5.10 Å². The van der Waals surface area contributed by atoms with Crippen LogP contribution in [0.2, 0.25) is 0 Å². The molecule has 0 atom stereocenters. The molecule has 0 spiro atoms. The fourth-order valence-electron chi connectivity index (χ4n) is 2.51. The monoisotopic (exact) mass is 335 g/mol. The van der Waals surface area contributed by atoms with Crippen molar-refractivity contribution in [3.8, 4) is 11.1 Å². The number of pyridine rings is 1. The zero-order valence-corrected chi connectivity index (χ0v) is 14.6. The molecule has 0 aliphatic rings. The summed E-state index contributed by atoms with van der Waals surface area (Å²) in [5.41, 5.74) is 4.63. The Balaban J connectivity index is 1.66. The molecular formula is C19H21N5O. The van der Waals surface area contributed by atoms with Crippen LogP contribution >= 0.6 is 0 Å². The molecule has 0 radical (unpaired) electrons. The molecule has 0 bridgehead atoms. The molecule has 2 aromatic heterocycles. The number of aromatic nitrogens is 3. The number of aryl methyl sites for hydroxylation is 1. The first-order valence-corrected chi connectivity index (χ1v) is 8.01. The molecule has 2 heterocycles. The fraction of sp³-hybridized carbons (Fsp3) is 0.211. The summed E-state index contributed by atoms with van der Waals surface area (Å²) in [6.07, 6.45) is 7.29. The molecule has 128 valence electrons. The third kappa shape index (κ3) is 4.03. The average Bonchev–Trinajstić information content (AvgIpc) is 3.06. The molecule has 3 aromatic rings. The van der Waals surface area contributed by atoms with E-state index < -0.39 is 0 Å². The van der Waals surface area contributed by atoms with Gasteiger partial charge >= 0.3 is 0 Å². The number of amides is 1. The van der Waals surface area contributed by atoms with E-state index in [1.807, 2.05) is 62.6 Å². The van der Waals surface area contributed by atoms with Gasteiger partial charge in [-0.3, -0.25) is 14.5 Å². The third-order valence-electron chi connectivity index (χ3n) is 3.93. The first-order valence-electron chi connectivity index (χ1n) is 8.01. The predicted molar refractivity (Wildman–Crippen MR) is 98.4 cm³/mol. The number of nitrogens with zero attached hydrogens (tertiary/aromatic N) is 4. The minimum Gasteiger partial charge on any atom is -0.378 e. The molecule has 6 nitrogen and oxygen atoms in total. The van der Waals surface area contributed by atoms with E-state index in [-0.39, 0.29) is 5.91 Å². The second-order valence-electron chi connectivity index (χ2n) is 6.11. The maximum atomic E-state index is 12.3. The number of hydrogen-bond donors (Lipinski definition) is 1. The Morgan fingerprint density at radius 3 is 2.52 bits per heavy atom. The lowest BCUT2D eigenvalue weighted by molar-refractivity contribution is 0.0951. The van der Waals surface area contributed by atoms with E-state index in [0.29, 0.717) is 12.1 Å². The van der Waals surface area contributed by atoms with Crippen LogP contribution in [0, 0.1) is 0 Å². The summed E-state index contributed by atoms with van der Waals surface area (Å²) < 4.78 is 1.75. The van der Waals surface area contributed by atoms with E-state index in [4.69, 9.17) is 0 Å². The Morgan fingerprint density at radius 2 is 1.88 bits per heavy atom. The highest BCUT2D eigenvalue weighted by Crippen LogP contribution is 2.18.